The molecule has 0 fully saturated rings. The van der Waals surface area contributed by atoms with E-state index >= 15 is 0 Å². The van der Waals surface area contributed by atoms with Gasteiger partial charge < -0.3 is 19.6 Å². The predicted molar refractivity (Wildman–Crippen MR) is 133 cm³/mol. The van der Waals surface area contributed by atoms with Crippen LogP contribution in [0.4, 0.5) is 0 Å². The normalized spacial score (nSPS) is 10.6. The van der Waals surface area contributed by atoms with Crippen LogP contribution in [0, 0.1) is 18.9 Å². The van der Waals surface area contributed by atoms with Crippen LogP contribution in [-0.4, -0.2) is 28.4 Å². The van der Waals surface area contributed by atoms with Crippen LogP contribution in [0.2, 0.25) is 0 Å². The van der Waals surface area contributed by atoms with Crippen LogP contribution in [0.3, 0.4) is 0 Å². The van der Waals surface area contributed by atoms with E-state index in [0.717, 1.165) is 9.87 Å². The zero-order valence-electron chi connectivity index (χ0n) is 20.5. The molecule has 0 saturated carbocycles. The number of aromatic carboxylic acids is 1. The summed E-state index contributed by atoms with van der Waals surface area (Å²) in [4.78, 5) is 11.9. The number of carbonyl (C=O) groups excluding carboxylic acids is 1. The Morgan fingerprint density at radius 1 is 0.946 bits per heavy atom. The summed E-state index contributed by atoms with van der Waals surface area (Å²) in [7, 11) is -4.02. The number of nitrogens with zero attached hydrogens (tertiary/aromatic N) is 2. The van der Waals surface area contributed by atoms with Crippen LogP contribution in [0.1, 0.15) is 32.6 Å². The molecule has 1 aromatic heterocycles. The molecule has 37 heavy (non-hydrogen) atoms. The number of carboxylic acid groups (broad SMARTS) is 1. The number of rotatable bonds is 7. The van der Waals surface area contributed by atoms with Gasteiger partial charge in [-0.05, 0) is 54.3 Å². The van der Waals surface area contributed by atoms with Gasteiger partial charge in [-0.1, -0.05) is 54.1 Å². The minimum absolute atomic E-state index is 0. The number of aliphatic hydroxyl groups excluding tert-OH is 1. The van der Waals surface area contributed by atoms with Crippen LogP contribution < -0.4 is 24.0 Å². The number of benzene rings is 3. The average Bonchev–Trinajstić information content (AvgIpc) is 3.41. The van der Waals surface area contributed by atoms with Gasteiger partial charge >= 0.3 is 18.9 Å². The van der Waals surface area contributed by atoms with Gasteiger partial charge in [0.15, 0.2) is 0 Å². The first-order chi connectivity index (χ1) is 17.3. The van der Waals surface area contributed by atoms with Crippen LogP contribution in [0.5, 0.6) is 0 Å². The monoisotopic (exact) mass is 506 g/mol. The smallest absolute Gasteiger partial charge is 0.545 e. The first-order valence-electron chi connectivity index (χ1n) is 11.1. The van der Waals surface area contributed by atoms with Crippen molar-refractivity contribution in [3.8, 4) is 17.7 Å². The molecular formula is C28H23LiN2O5S. The van der Waals surface area contributed by atoms with E-state index in [9.17, 15) is 23.4 Å². The fourth-order valence-corrected chi connectivity index (χ4v) is 4.85. The summed E-state index contributed by atoms with van der Waals surface area (Å²) in [6.07, 6.45) is 3.35. The number of carboxylic acids is 1. The van der Waals surface area contributed by atoms with Crippen molar-refractivity contribution in [3.63, 3.8) is 0 Å². The Hall–Kier alpha value is -3.72. The number of hydrogen-bond acceptors (Lipinski definition) is 5. The second-order valence-electron chi connectivity index (χ2n) is 8.12. The zero-order chi connectivity index (χ0) is 25.7. The van der Waals surface area contributed by atoms with Crippen LogP contribution >= 0.6 is 0 Å². The van der Waals surface area contributed by atoms with Gasteiger partial charge in [-0.3, -0.25) is 0 Å². The Morgan fingerprint density at radius 2 is 1.57 bits per heavy atom. The molecule has 1 N–H and O–H groups in total. The van der Waals surface area contributed by atoms with Gasteiger partial charge in [0.05, 0.1) is 35.3 Å². The molecule has 182 valence electrons. The Labute approximate surface area is 228 Å². The van der Waals surface area contributed by atoms with E-state index in [-0.39, 0.29) is 48.2 Å². The van der Waals surface area contributed by atoms with Crippen molar-refractivity contribution in [1.82, 2.24) is 8.87 Å². The number of aliphatic hydroxyl groups is 1. The molecule has 7 nitrogen and oxygen atoms in total. The standard InChI is InChI=1S/C28H24N2O5S.Li/c1-21-7-13-25(14-8-21)36(34,35)30(19-22-9-11-23(20-31)12-10-22)18-15-24-5-4-6-26(28(32)33)27(24)29-16-2-3-17-29;/h2-14,16-17,31H,19-20H2,1H3,(H,32,33);/q;+1/p-1. The summed E-state index contributed by atoms with van der Waals surface area (Å²) < 4.78 is 29.7. The molecule has 0 atom stereocenters. The van der Waals surface area contributed by atoms with Gasteiger partial charge in [0, 0.05) is 24.0 Å². The molecule has 0 amide bonds. The first-order valence-corrected chi connectivity index (χ1v) is 12.5. The topological polar surface area (TPSA) is 103 Å². The van der Waals surface area contributed by atoms with E-state index in [0.29, 0.717) is 16.7 Å². The maximum absolute atomic E-state index is 13.6. The molecular weight excluding hydrogens is 483 g/mol. The SMILES string of the molecule is Cc1ccc(S(=O)(=O)N(C#Cc2cccc(C(=O)[O-])c2-n2cccc2)Cc2ccc(CO)cc2)cc1.[Li+]. The van der Waals surface area contributed by atoms with E-state index in [1.807, 2.05) is 6.92 Å². The molecule has 0 unspecified atom stereocenters. The summed E-state index contributed by atoms with van der Waals surface area (Å²) in [6, 6.07) is 24.2. The van der Waals surface area contributed by atoms with Gasteiger partial charge in [-0.2, -0.15) is 0 Å². The third-order valence-electron chi connectivity index (χ3n) is 5.57. The van der Waals surface area contributed by atoms with Gasteiger partial charge in [-0.15, -0.1) is 0 Å². The molecule has 0 aliphatic rings. The molecule has 0 radical (unpaired) electrons. The van der Waals surface area contributed by atoms with E-state index in [1.165, 1.54) is 24.3 Å². The Bertz CT molecular complexity index is 1540. The van der Waals surface area contributed by atoms with Crippen molar-refractivity contribution in [2.75, 3.05) is 0 Å². The van der Waals surface area contributed by atoms with Crippen molar-refractivity contribution in [3.05, 3.63) is 119 Å². The molecule has 3 aromatic carbocycles. The number of aromatic nitrogens is 1. The first kappa shape index (κ1) is 27.9. The fraction of sp³-hybridized carbons (Fsp3) is 0.107. The summed E-state index contributed by atoms with van der Waals surface area (Å²) in [5.74, 6) is 1.51. The van der Waals surface area contributed by atoms with Gasteiger partial charge in [0.1, 0.15) is 0 Å². The van der Waals surface area contributed by atoms with Gasteiger partial charge in [-0.25, -0.2) is 12.7 Å². The van der Waals surface area contributed by atoms with Crippen molar-refractivity contribution in [2.45, 2.75) is 25.0 Å². The second kappa shape index (κ2) is 12.0. The summed E-state index contributed by atoms with van der Waals surface area (Å²) in [6.45, 7) is 1.69. The summed E-state index contributed by atoms with van der Waals surface area (Å²) in [5.41, 5.74) is 2.84. The minimum Gasteiger partial charge on any atom is -0.545 e. The maximum atomic E-state index is 13.6. The largest absolute Gasteiger partial charge is 1.00 e. The number of sulfonamides is 1. The van der Waals surface area contributed by atoms with Crippen LogP contribution in [0.25, 0.3) is 5.69 Å². The van der Waals surface area contributed by atoms with E-state index in [4.69, 9.17) is 0 Å². The Balaban J connectivity index is 0.00000380. The minimum atomic E-state index is -4.02. The van der Waals surface area contributed by atoms with Crippen molar-refractivity contribution in [1.29, 1.82) is 0 Å². The second-order valence-corrected chi connectivity index (χ2v) is 9.98. The fourth-order valence-electron chi connectivity index (χ4n) is 3.63. The van der Waals surface area contributed by atoms with E-state index in [2.05, 4.69) is 12.0 Å². The van der Waals surface area contributed by atoms with E-state index < -0.39 is 16.0 Å². The molecule has 9 heteroatoms. The van der Waals surface area contributed by atoms with Gasteiger partial charge in [0.25, 0.3) is 10.0 Å². The number of hydrogen-bond donors (Lipinski definition) is 1. The number of carbonyl (C=O) groups is 1. The molecule has 4 rings (SSSR count). The average molecular weight is 507 g/mol. The zero-order valence-corrected chi connectivity index (χ0v) is 21.3. The van der Waals surface area contributed by atoms with Crippen molar-refractivity contribution >= 4 is 16.0 Å². The van der Waals surface area contributed by atoms with E-state index in [1.54, 1.807) is 71.6 Å². The molecule has 0 aliphatic carbocycles. The molecule has 1 heterocycles. The molecule has 0 spiro atoms. The summed E-state index contributed by atoms with van der Waals surface area (Å²) in [5, 5.41) is 21.1. The number of aryl methyl sites for hydroxylation is 1. The predicted octanol–water partition coefficient (Wildman–Crippen LogP) is -0.154. The third kappa shape index (κ3) is 6.35. The Morgan fingerprint density at radius 3 is 2.16 bits per heavy atom. The van der Waals surface area contributed by atoms with Gasteiger partial charge in [0.2, 0.25) is 0 Å². The van der Waals surface area contributed by atoms with Crippen molar-refractivity contribution < 1.29 is 42.3 Å². The van der Waals surface area contributed by atoms with Crippen LogP contribution in [0.15, 0.2) is 96.2 Å². The quantitative estimate of drug-likeness (QED) is 0.213. The number of para-hydroxylation sites is 1. The molecule has 0 bridgehead atoms. The van der Waals surface area contributed by atoms with Crippen LogP contribution in [-0.2, 0) is 23.2 Å². The molecule has 0 aliphatic heterocycles. The third-order valence-corrected chi connectivity index (χ3v) is 7.24. The van der Waals surface area contributed by atoms with Crippen molar-refractivity contribution in [2.24, 2.45) is 0 Å². The maximum Gasteiger partial charge on any atom is 1.00 e. The Kier molecular flexibility index (Phi) is 9.04. The summed E-state index contributed by atoms with van der Waals surface area (Å²) >= 11 is 0. The molecule has 0 saturated heterocycles. The molecule has 4 aromatic rings.